The lowest BCUT2D eigenvalue weighted by molar-refractivity contribution is 0.145. The molecule has 0 amide bonds. The van der Waals surface area contributed by atoms with E-state index in [1.54, 1.807) is 0 Å². The highest BCUT2D eigenvalue weighted by molar-refractivity contribution is 7.70. The highest BCUT2D eigenvalue weighted by Crippen LogP contribution is 2.68. The Morgan fingerprint density at radius 2 is 1.47 bits per heavy atom. The topological polar surface area (TPSA) is 208 Å². The van der Waals surface area contributed by atoms with Gasteiger partial charge in [-0.1, -0.05) is 0 Å². The molecule has 17 heavy (non-hydrogen) atoms. The molecule has 0 fully saturated rings. The lowest BCUT2D eigenvalue weighted by Crippen LogP contribution is -2.13. The molecular weight excluding hydrogens is 305 g/mol. The van der Waals surface area contributed by atoms with Gasteiger partial charge >= 0.3 is 23.2 Å². The Bertz CT molecular complexity index is 334. The number of hydrogen-bond acceptors (Lipinski definition) is 12. The van der Waals surface area contributed by atoms with E-state index < -0.39 is 23.2 Å². The molecule has 104 valence electrons. The molecule has 2 atom stereocenters. The largest absolute Gasteiger partial charge is 0.514 e. The first-order chi connectivity index (χ1) is 7.66. The first kappa shape index (κ1) is 17.3. The molecule has 8 N–H and O–H groups in total. The van der Waals surface area contributed by atoms with E-state index in [1.807, 2.05) is 0 Å². The molecular formula is CH11N4O9P3. The molecule has 0 saturated heterocycles. The Hall–Kier alpha value is 0.290. The van der Waals surface area contributed by atoms with Crippen molar-refractivity contribution >= 4 is 23.2 Å². The lowest BCUT2D eigenvalue weighted by Gasteiger charge is -2.20. The summed E-state index contributed by atoms with van der Waals surface area (Å²) in [7, 11) is -13.5. The van der Waals surface area contributed by atoms with E-state index in [9.17, 15) is 13.7 Å². The van der Waals surface area contributed by atoms with Gasteiger partial charge in [-0.3, -0.25) is 4.57 Å². The van der Waals surface area contributed by atoms with Gasteiger partial charge in [0.05, 0.1) is 0 Å². The fraction of sp³-hybridized carbons (Fsp3) is 1.00. The van der Waals surface area contributed by atoms with Crippen LogP contribution in [0.5, 0.6) is 0 Å². The van der Waals surface area contributed by atoms with Crippen LogP contribution in [-0.2, 0) is 36.2 Å². The quantitative estimate of drug-likeness (QED) is 0.288. The molecule has 0 saturated carbocycles. The molecule has 2 unspecified atom stereocenters. The van der Waals surface area contributed by atoms with E-state index in [2.05, 4.69) is 40.2 Å². The summed E-state index contributed by atoms with van der Waals surface area (Å²) in [5, 5.41) is 9.37. The van der Waals surface area contributed by atoms with Gasteiger partial charge in [-0.2, -0.15) is 9.25 Å². The minimum absolute atomic E-state index is 0.681. The van der Waals surface area contributed by atoms with Gasteiger partial charge in [0, 0.05) is 6.66 Å². The molecule has 0 rings (SSSR count). The molecule has 0 aromatic rings. The minimum atomic E-state index is -4.57. The summed E-state index contributed by atoms with van der Waals surface area (Å²) in [5.74, 6) is 13.5. The first-order valence-corrected chi connectivity index (χ1v) is 8.42. The molecule has 0 aromatic heterocycles. The van der Waals surface area contributed by atoms with E-state index in [0.29, 0.717) is 6.66 Å². The number of phosphoric acid groups is 1. The molecule has 0 radical (unpaired) electrons. The van der Waals surface area contributed by atoms with Gasteiger partial charge in [-0.05, 0) is 0 Å². The van der Waals surface area contributed by atoms with E-state index in [0.717, 1.165) is 5.25 Å². The number of hydrogen-bond donors (Lipinski definition) is 5. The minimum Gasteiger partial charge on any atom is -0.307 e. The van der Waals surface area contributed by atoms with Crippen molar-refractivity contribution in [2.45, 2.75) is 0 Å². The number of nitrogens with one attached hydrogen (secondary N) is 1. The third-order valence-corrected chi connectivity index (χ3v) is 6.10. The maximum absolute atomic E-state index is 11.5. The van der Waals surface area contributed by atoms with Crippen molar-refractivity contribution in [1.82, 2.24) is 5.25 Å². The van der Waals surface area contributed by atoms with Crippen LogP contribution in [-0.4, -0.2) is 11.9 Å². The van der Waals surface area contributed by atoms with Crippen molar-refractivity contribution < 1.29 is 41.4 Å². The van der Waals surface area contributed by atoms with Crippen molar-refractivity contribution in [2.24, 2.45) is 17.7 Å². The van der Waals surface area contributed by atoms with Gasteiger partial charge in [-0.15, -0.1) is 5.25 Å². The SMILES string of the molecule is CP(=O)(OP(=O)(NO)ON)OP(=O)(ON)ON. The third-order valence-electron chi connectivity index (χ3n) is 1.02. The Morgan fingerprint density at radius 1 is 1.00 bits per heavy atom. The van der Waals surface area contributed by atoms with Crippen LogP contribution in [0.15, 0.2) is 0 Å². The summed E-state index contributed by atoms with van der Waals surface area (Å²) in [6.07, 6.45) is 0. The third kappa shape index (κ3) is 5.64. The second-order valence-corrected chi connectivity index (χ2v) is 7.87. The maximum atomic E-state index is 11.5. The predicted molar refractivity (Wildman–Crippen MR) is 51.7 cm³/mol. The van der Waals surface area contributed by atoms with E-state index >= 15 is 0 Å². The summed E-state index contributed by atoms with van der Waals surface area (Å²) >= 11 is 0. The Balaban J connectivity index is 4.88. The molecule has 13 nitrogen and oxygen atoms in total. The van der Waals surface area contributed by atoms with Crippen LogP contribution in [0.25, 0.3) is 0 Å². The summed E-state index contributed by atoms with van der Waals surface area (Å²) in [6, 6.07) is 0. The summed E-state index contributed by atoms with van der Waals surface area (Å²) in [6.45, 7) is 0.681. The van der Waals surface area contributed by atoms with Gasteiger partial charge in [0.1, 0.15) is 0 Å². The monoisotopic (exact) mass is 316 g/mol. The average molecular weight is 316 g/mol. The van der Waals surface area contributed by atoms with E-state index in [4.69, 9.17) is 5.21 Å². The van der Waals surface area contributed by atoms with Gasteiger partial charge in [0.15, 0.2) is 0 Å². The second-order valence-electron chi connectivity index (χ2n) is 2.30. The lowest BCUT2D eigenvalue weighted by atomic mass is 12.0. The van der Waals surface area contributed by atoms with Crippen LogP contribution < -0.4 is 22.9 Å². The van der Waals surface area contributed by atoms with Crippen LogP contribution in [0, 0.1) is 0 Å². The van der Waals surface area contributed by atoms with Crippen LogP contribution >= 0.6 is 23.2 Å². The summed E-state index contributed by atoms with van der Waals surface area (Å²) < 4.78 is 53.4. The maximum Gasteiger partial charge on any atom is 0.514 e. The number of nitrogens with two attached hydrogens (primary N) is 3. The molecule has 0 aromatic carbocycles. The fourth-order valence-corrected chi connectivity index (χ4v) is 4.62. The summed E-state index contributed by atoms with van der Waals surface area (Å²) in [5.41, 5.74) is 0. The van der Waals surface area contributed by atoms with Crippen LogP contribution in [0.4, 0.5) is 0 Å². The normalized spacial score (nSPS) is 19.6. The zero-order valence-electron chi connectivity index (χ0n) is 8.29. The van der Waals surface area contributed by atoms with Gasteiger partial charge in [0.2, 0.25) is 0 Å². The fourth-order valence-electron chi connectivity index (χ4n) is 0.516. The van der Waals surface area contributed by atoms with E-state index in [1.165, 1.54) is 0 Å². The first-order valence-electron chi connectivity index (χ1n) is 3.43. The molecule has 0 aliphatic rings. The average Bonchev–Trinajstić information content (AvgIpc) is 2.27. The Labute approximate surface area is 95.0 Å². The summed E-state index contributed by atoms with van der Waals surface area (Å²) in [4.78, 5) is 0. The molecule has 0 heterocycles. The molecule has 0 spiro atoms. The second kappa shape index (κ2) is 6.45. The molecule has 0 aliphatic heterocycles. The Morgan fingerprint density at radius 3 is 1.76 bits per heavy atom. The van der Waals surface area contributed by atoms with Crippen molar-refractivity contribution in [3.63, 3.8) is 0 Å². The van der Waals surface area contributed by atoms with Gasteiger partial charge in [0.25, 0.3) is 0 Å². The number of rotatable bonds is 8. The molecule has 0 aliphatic carbocycles. The predicted octanol–water partition coefficient (Wildman–Crippen LogP) is -0.292. The van der Waals surface area contributed by atoms with Crippen LogP contribution in [0.1, 0.15) is 0 Å². The van der Waals surface area contributed by atoms with Crippen molar-refractivity contribution in [3.8, 4) is 0 Å². The zero-order chi connectivity index (χ0) is 13.7. The molecule has 0 bridgehead atoms. The van der Waals surface area contributed by atoms with Crippen LogP contribution in [0.3, 0.4) is 0 Å². The Kier molecular flexibility index (Phi) is 6.56. The zero-order valence-corrected chi connectivity index (χ0v) is 11.0. The highest BCUT2D eigenvalue weighted by atomic mass is 31.3. The van der Waals surface area contributed by atoms with Crippen molar-refractivity contribution in [2.75, 3.05) is 6.66 Å². The van der Waals surface area contributed by atoms with Crippen molar-refractivity contribution in [1.29, 1.82) is 0 Å². The van der Waals surface area contributed by atoms with Crippen LogP contribution in [0.2, 0.25) is 0 Å². The van der Waals surface area contributed by atoms with Crippen molar-refractivity contribution in [3.05, 3.63) is 0 Å². The highest BCUT2D eigenvalue weighted by Gasteiger charge is 2.41. The smallest absolute Gasteiger partial charge is 0.307 e. The molecule has 16 heteroatoms. The van der Waals surface area contributed by atoms with Gasteiger partial charge in [-0.25, -0.2) is 40.1 Å². The van der Waals surface area contributed by atoms with Gasteiger partial charge < -0.3 is 5.21 Å². The van der Waals surface area contributed by atoms with E-state index in [-0.39, 0.29) is 0 Å². The standard InChI is InChI=1S/CH11N4O9P3/c1-15(7,13-16(8,5-6)10-2)14-17(9,11-3)12-4/h6H,2-4H2,1H3,(H,5,8).